The molecule has 0 aliphatic carbocycles. The molecular weight excluding hydrogens is 584 g/mol. The van der Waals surface area contributed by atoms with Gasteiger partial charge in [0.25, 0.3) is 0 Å². The summed E-state index contributed by atoms with van der Waals surface area (Å²) < 4.78 is 20.1. The van der Waals surface area contributed by atoms with E-state index in [0.29, 0.717) is 33.5 Å². The molecule has 2 aromatic carbocycles. The molecule has 5 aromatic rings. The highest BCUT2D eigenvalue weighted by molar-refractivity contribution is 9.10. The lowest BCUT2D eigenvalue weighted by molar-refractivity contribution is 0.154. The third-order valence-electron chi connectivity index (χ3n) is 5.46. The highest BCUT2D eigenvalue weighted by atomic mass is 79.9. The maximum Gasteiger partial charge on any atom is 0.418 e. The van der Waals surface area contributed by atoms with E-state index in [9.17, 15) is 9.59 Å². The summed E-state index contributed by atoms with van der Waals surface area (Å²) in [6, 6.07) is 11.1. The Kier molecular flexibility index (Phi) is 6.20. The number of benzene rings is 2. The summed E-state index contributed by atoms with van der Waals surface area (Å²) >= 11 is 7.00. The lowest BCUT2D eigenvalue weighted by Crippen LogP contribution is -2.12. The minimum Gasteiger partial charge on any atom is -0.449 e. The van der Waals surface area contributed by atoms with Crippen LogP contribution in [0.3, 0.4) is 0 Å². The molecule has 9 nitrogen and oxygen atoms in total. The van der Waals surface area contributed by atoms with Crippen LogP contribution in [0.25, 0.3) is 44.3 Å². The van der Waals surface area contributed by atoms with Crippen molar-refractivity contribution < 1.29 is 23.7 Å². The van der Waals surface area contributed by atoms with E-state index in [0.717, 1.165) is 19.7 Å². The van der Waals surface area contributed by atoms with Crippen molar-refractivity contribution in [2.45, 2.75) is 13.8 Å². The SMILES string of the molecule is CCOC(=O)n1cc(-c2nonc2-c2cn(C(=O)OCC)c3ccc(Br)cc23)c2cc(Br)ccc21. The molecule has 0 fully saturated rings. The maximum absolute atomic E-state index is 12.6. The van der Waals surface area contributed by atoms with Crippen molar-refractivity contribution in [1.82, 2.24) is 19.4 Å². The first kappa shape index (κ1) is 23.3. The lowest BCUT2D eigenvalue weighted by Gasteiger charge is -2.03. The first-order valence-corrected chi connectivity index (χ1v) is 12.3. The minimum atomic E-state index is -0.507. The molecule has 3 aromatic heterocycles. The van der Waals surface area contributed by atoms with E-state index in [4.69, 9.17) is 14.1 Å². The van der Waals surface area contributed by atoms with Crippen LogP contribution in [0.5, 0.6) is 0 Å². The zero-order chi connectivity index (χ0) is 24.7. The Bertz CT molecular complexity index is 1480. The van der Waals surface area contributed by atoms with E-state index in [2.05, 4.69) is 42.2 Å². The van der Waals surface area contributed by atoms with E-state index in [1.807, 2.05) is 36.4 Å². The van der Waals surface area contributed by atoms with Gasteiger partial charge in [0.05, 0.1) is 24.2 Å². The van der Waals surface area contributed by atoms with Crippen molar-refractivity contribution in [2.75, 3.05) is 13.2 Å². The monoisotopic (exact) mass is 600 g/mol. The second kappa shape index (κ2) is 9.31. The zero-order valence-electron chi connectivity index (χ0n) is 18.6. The Hall–Kier alpha value is -3.44. The molecule has 11 heteroatoms. The molecule has 0 atom stereocenters. The van der Waals surface area contributed by atoms with Crippen LogP contribution in [-0.2, 0) is 9.47 Å². The molecule has 0 aliphatic heterocycles. The third-order valence-corrected chi connectivity index (χ3v) is 6.45. The Morgan fingerprint density at radius 2 is 1.23 bits per heavy atom. The quantitative estimate of drug-likeness (QED) is 0.222. The first-order valence-electron chi connectivity index (χ1n) is 10.7. The van der Waals surface area contributed by atoms with Gasteiger partial charge in [-0.1, -0.05) is 31.9 Å². The van der Waals surface area contributed by atoms with Crippen molar-refractivity contribution in [1.29, 1.82) is 0 Å². The fourth-order valence-electron chi connectivity index (χ4n) is 4.01. The highest BCUT2D eigenvalue weighted by Gasteiger charge is 2.25. The van der Waals surface area contributed by atoms with Gasteiger partial charge in [0.2, 0.25) is 0 Å². The molecule has 3 heterocycles. The lowest BCUT2D eigenvalue weighted by atomic mass is 10.0. The van der Waals surface area contributed by atoms with Crippen molar-refractivity contribution in [3.05, 3.63) is 57.7 Å². The maximum atomic E-state index is 12.6. The smallest absolute Gasteiger partial charge is 0.418 e. The molecular formula is C24H18Br2N4O5. The fourth-order valence-corrected chi connectivity index (χ4v) is 4.73. The predicted octanol–water partition coefficient (Wildman–Crippen LogP) is 6.85. The number of aromatic nitrogens is 4. The van der Waals surface area contributed by atoms with Gasteiger partial charge in [0.15, 0.2) is 0 Å². The topological polar surface area (TPSA) is 101 Å². The van der Waals surface area contributed by atoms with Crippen LogP contribution in [0, 0.1) is 0 Å². The number of rotatable bonds is 4. The number of hydrogen-bond donors (Lipinski definition) is 0. The zero-order valence-corrected chi connectivity index (χ0v) is 21.8. The molecule has 0 unspecified atom stereocenters. The number of hydrogen-bond acceptors (Lipinski definition) is 7. The Labute approximate surface area is 215 Å². The summed E-state index contributed by atoms with van der Waals surface area (Å²) in [6.45, 7) is 3.98. The van der Waals surface area contributed by atoms with Gasteiger partial charge in [-0.15, -0.1) is 0 Å². The molecule has 0 saturated carbocycles. The van der Waals surface area contributed by atoms with Crippen LogP contribution in [0.1, 0.15) is 13.8 Å². The summed E-state index contributed by atoms with van der Waals surface area (Å²) in [4.78, 5) is 25.3. The number of fused-ring (bicyclic) bond motifs is 2. The molecule has 0 radical (unpaired) electrons. The molecule has 178 valence electrons. The van der Waals surface area contributed by atoms with Crippen LogP contribution in [-0.4, -0.2) is 44.8 Å². The predicted molar refractivity (Wildman–Crippen MR) is 136 cm³/mol. The van der Waals surface area contributed by atoms with Gasteiger partial charge in [0, 0.05) is 43.2 Å². The molecule has 5 rings (SSSR count). The minimum absolute atomic E-state index is 0.239. The van der Waals surface area contributed by atoms with Gasteiger partial charge in [-0.3, -0.25) is 9.13 Å². The summed E-state index contributed by atoms with van der Waals surface area (Å²) in [7, 11) is 0. The average Bonchev–Trinajstić information content (AvgIpc) is 3.53. The van der Waals surface area contributed by atoms with Gasteiger partial charge in [-0.2, -0.15) is 0 Å². The standard InChI is InChI=1S/C24H18Br2N4O5/c1-3-33-23(31)29-11-17(15-9-13(25)5-7-19(15)29)21-22(28-35-27-21)18-12-30(24(32)34-4-2)20-8-6-14(26)10-16(18)20/h5-12H,3-4H2,1-2H3. The molecule has 0 N–H and O–H groups in total. The van der Waals surface area contributed by atoms with Crippen LogP contribution in [0.4, 0.5) is 9.59 Å². The van der Waals surface area contributed by atoms with Crippen molar-refractivity contribution in [3.63, 3.8) is 0 Å². The van der Waals surface area contributed by atoms with E-state index < -0.39 is 12.2 Å². The molecule has 0 saturated heterocycles. The van der Waals surface area contributed by atoms with Gasteiger partial charge in [0.1, 0.15) is 11.4 Å². The number of halogens is 2. The van der Waals surface area contributed by atoms with Gasteiger partial charge in [-0.25, -0.2) is 14.2 Å². The van der Waals surface area contributed by atoms with Crippen LogP contribution < -0.4 is 0 Å². The fraction of sp³-hybridized carbons (Fsp3) is 0.167. The van der Waals surface area contributed by atoms with Crippen molar-refractivity contribution in [3.8, 4) is 22.5 Å². The summed E-state index contributed by atoms with van der Waals surface area (Å²) in [5.74, 6) is 0. The molecule has 0 bridgehead atoms. The number of ether oxygens (including phenoxy) is 2. The molecule has 0 aliphatic rings. The Balaban J connectivity index is 1.75. The summed E-state index contributed by atoms with van der Waals surface area (Å²) in [5.41, 5.74) is 3.37. The Morgan fingerprint density at radius 1 is 0.800 bits per heavy atom. The van der Waals surface area contributed by atoms with E-state index >= 15 is 0 Å². The van der Waals surface area contributed by atoms with Gasteiger partial charge >= 0.3 is 12.2 Å². The number of carbonyl (C=O) groups is 2. The van der Waals surface area contributed by atoms with Gasteiger partial charge in [-0.05, 0) is 60.6 Å². The van der Waals surface area contributed by atoms with Crippen LogP contribution >= 0.6 is 31.9 Å². The van der Waals surface area contributed by atoms with E-state index in [-0.39, 0.29) is 13.2 Å². The van der Waals surface area contributed by atoms with Crippen molar-refractivity contribution >= 4 is 65.9 Å². The summed E-state index contributed by atoms with van der Waals surface area (Å²) in [5, 5.41) is 9.85. The molecule has 0 amide bonds. The second-order valence-corrected chi connectivity index (χ2v) is 9.34. The van der Waals surface area contributed by atoms with E-state index in [1.54, 1.807) is 26.2 Å². The van der Waals surface area contributed by atoms with Crippen LogP contribution in [0.2, 0.25) is 0 Å². The number of carbonyl (C=O) groups excluding carboxylic acids is 2. The second-order valence-electron chi connectivity index (χ2n) is 7.51. The average molecular weight is 602 g/mol. The molecule has 35 heavy (non-hydrogen) atoms. The molecule has 0 spiro atoms. The normalized spacial score (nSPS) is 11.3. The first-order chi connectivity index (χ1) is 16.9. The third kappa shape index (κ3) is 4.04. The van der Waals surface area contributed by atoms with Gasteiger partial charge < -0.3 is 9.47 Å². The highest BCUT2D eigenvalue weighted by Crippen LogP contribution is 2.40. The van der Waals surface area contributed by atoms with E-state index in [1.165, 1.54) is 9.13 Å². The number of nitrogens with zero attached hydrogens (tertiary/aromatic N) is 4. The van der Waals surface area contributed by atoms with Crippen LogP contribution in [0.15, 0.2) is 62.4 Å². The summed E-state index contributed by atoms with van der Waals surface area (Å²) in [6.07, 6.45) is 2.29. The Morgan fingerprint density at radius 3 is 1.63 bits per heavy atom. The van der Waals surface area contributed by atoms with Crippen molar-refractivity contribution in [2.24, 2.45) is 0 Å². The largest absolute Gasteiger partial charge is 0.449 e.